The first-order valence-electron chi connectivity index (χ1n) is 24.1. The lowest BCUT2D eigenvalue weighted by Crippen LogP contribution is -2.55. The highest BCUT2D eigenvalue weighted by molar-refractivity contribution is 6.06. The number of nitrogens with zero attached hydrogens (tertiary/aromatic N) is 1. The second kappa shape index (κ2) is 13.7. The maximum Gasteiger partial charge on any atom is 0.0468 e. The van der Waals surface area contributed by atoms with Crippen molar-refractivity contribution < 1.29 is 0 Å². The molecule has 4 bridgehead atoms. The fourth-order valence-corrected chi connectivity index (χ4v) is 15.2. The Hall–Kier alpha value is -6.18. The topological polar surface area (TPSA) is 3.24 Å². The van der Waals surface area contributed by atoms with Gasteiger partial charge in [-0.3, -0.25) is 0 Å². The van der Waals surface area contributed by atoms with E-state index in [1.807, 2.05) is 0 Å². The predicted octanol–water partition coefficient (Wildman–Crippen LogP) is 16.6. The highest BCUT2D eigenvalue weighted by Gasteiger charge is 2.61. The molecule has 15 rings (SSSR count). The van der Waals surface area contributed by atoms with Gasteiger partial charge < -0.3 is 4.90 Å². The molecule has 306 valence electrons. The molecule has 1 nitrogen and oxygen atoms in total. The van der Waals surface area contributed by atoms with Crippen LogP contribution >= 0.6 is 0 Å². The van der Waals surface area contributed by atoms with E-state index in [0.717, 1.165) is 23.7 Å². The molecule has 7 aliphatic rings. The summed E-state index contributed by atoms with van der Waals surface area (Å²) in [5.41, 5.74) is 21.2. The highest BCUT2D eigenvalue weighted by atomic mass is 15.1. The van der Waals surface area contributed by atoms with Crippen LogP contribution in [0.3, 0.4) is 0 Å². The Kier molecular flexibility index (Phi) is 7.87. The molecule has 8 aromatic rings. The third-order valence-electron chi connectivity index (χ3n) is 17.4. The molecule has 0 aliphatic heterocycles. The van der Waals surface area contributed by atoms with E-state index >= 15 is 0 Å². The van der Waals surface area contributed by atoms with Crippen LogP contribution in [-0.4, -0.2) is 0 Å². The number of rotatable bonds is 5. The molecule has 0 radical (unpaired) electrons. The number of anilines is 3. The second-order valence-corrected chi connectivity index (χ2v) is 20.3. The fourth-order valence-electron chi connectivity index (χ4n) is 15.2. The summed E-state index contributed by atoms with van der Waals surface area (Å²) in [4.78, 5) is 2.60. The third kappa shape index (κ3) is 5.11. The van der Waals surface area contributed by atoms with E-state index in [4.69, 9.17) is 0 Å². The molecule has 0 heterocycles. The normalized spacial score (nSPS) is 24.1. The van der Waals surface area contributed by atoms with Crippen LogP contribution in [0, 0.1) is 23.7 Å². The van der Waals surface area contributed by atoms with Gasteiger partial charge in [0, 0.05) is 27.9 Å². The zero-order valence-electron chi connectivity index (χ0n) is 36.1. The van der Waals surface area contributed by atoms with Crippen LogP contribution in [0.5, 0.6) is 0 Å². The smallest absolute Gasteiger partial charge is 0.0468 e. The van der Waals surface area contributed by atoms with E-state index in [1.165, 1.54) is 137 Å². The van der Waals surface area contributed by atoms with Gasteiger partial charge in [0.2, 0.25) is 0 Å². The van der Waals surface area contributed by atoms with Gasteiger partial charge in [0.15, 0.2) is 0 Å². The first-order chi connectivity index (χ1) is 31.2. The van der Waals surface area contributed by atoms with Crippen LogP contribution < -0.4 is 4.90 Å². The Bertz CT molecular complexity index is 3080. The number of benzene rings is 8. The van der Waals surface area contributed by atoms with Gasteiger partial charge in [0.1, 0.15) is 0 Å². The van der Waals surface area contributed by atoms with E-state index in [9.17, 15) is 0 Å². The summed E-state index contributed by atoms with van der Waals surface area (Å²) < 4.78 is 0. The van der Waals surface area contributed by atoms with Crippen molar-refractivity contribution in [1.82, 2.24) is 0 Å². The molecule has 5 saturated carbocycles. The lowest BCUT2D eigenvalue weighted by molar-refractivity contribution is -0.0399. The average Bonchev–Trinajstić information content (AvgIpc) is 3.77. The molecule has 0 unspecified atom stereocenters. The van der Waals surface area contributed by atoms with Crippen molar-refractivity contribution in [2.75, 3.05) is 4.90 Å². The molecule has 2 spiro atoms. The van der Waals surface area contributed by atoms with Crippen LogP contribution in [0.25, 0.3) is 55.3 Å². The molecule has 0 atom stereocenters. The Morgan fingerprint density at radius 3 is 1.62 bits per heavy atom. The average molecular weight is 812 g/mol. The summed E-state index contributed by atoms with van der Waals surface area (Å²) in [6.45, 7) is 0. The molecule has 63 heavy (non-hydrogen) atoms. The minimum atomic E-state index is 0.111. The summed E-state index contributed by atoms with van der Waals surface area (Å²) >= 11 is 0. The standard InChI is InChI=1S/C62H53N/c1-3-13-42(14-4-1)50-19-11-15-44-16-12-20-51(60(44)50)43-23-25-47(26-24-43)63(48-28-30-57-55(38-48)53-18-5-7-21-56(53)61(57)31-9-2-10-32-61)49-27-29-54-52-17-6-8-22-58(52)62(59(54)39-49)45-34-40-33-41(36-45)37-46(62)35-40/h1,3-8,11-30,38-41,45-46H,2,9-10,31-37H2. The molecule has 0 aromatic heterocycles. The maximum atomic E-state index is 2.67. The van der Waals surface area contributed by atoms with Crippen molar-refractivity contribution in [3.8, 4) is 44.5 Å². The lowest BCUT2D eigenvalue weighted by Gasteiger charge is -2.61. The maximum absolute atomic E-state index is 2.67. The second-order valence-electron chi connectivity index (χ2n) is 20.3. The largest absolute Gasteiger partial charge is 0.310 e. The molecule has 0 saturated heterocycles. The summed E-state index contributed by atoms with van der Waals surface area (Å²) in [5, 5.41) is 2.58. The Balaban J connectivity index is 0.952. The summed E-state index contributed by atoms with van der Waals surface area (Å²) in [7, 11) is 0. The summed E-state index contributed by atoms with van der Waals surface area (Å²) in [6, 6.07) is 68.0. The van der Waals surface area contributed by atoms with E-state index in [-0.39, 0.29) is 10.8 Å². The van der Waals surface area contributed by atoms with Gasteiger partial charge >= 0.3 is 0 Å². The Morgan fingerprint density at radius 1 is 0.365 bits per heavy atom. The third-order valence-corrected chi connectivity index (χ3v) is 17.4. The first-order valence-corrected chi connectivity index (χ1v) is 24.1. The molecule has 5 fully saturated rings. The van der Waals surface area contributed by atoms with E-state index < -0.39 is 0 Å². The Morgan fingerprint density at radius 2 is 0.905 bits per heavy atom. The molecule has 0 amide bonds. The van der Waals surface area contributed by atoms with Crippen molar-refractivity contribution in [3.05, 3.63) is 198 Å². The quantitative estimate of drug-likeness (QED) is 0.167. The van der Waals surface area contributed by atoms with E-state index in [1.54, 1.807) is 22.3 Å². The first kappa shape index (κ1) is 36.3. The summed E-state index contributed by atoms with van der Waals surface area (Å²) in [6.07, 6.45) is 13.5. The van der Waals surface area contributed by atoms with Crippen molar-refractivity contribution >= 4 is 27.8 Å². The van der Waals surface area contributed by atoms with Crippen LogP contribution in [0.15, 0.2) is 176 Å². The number of hydrogen-bond acceptors (Lipinski definition) is 1. The van der Waals surface area contributed by atoms with Gasteiger partial charge in [-0.1, -0.05) is 159 Å². The van der Waals surface area contributed by atoms with Gasteiger partial charge in [-0.25, -0.2) is 0 Å². The van der Waals surface area contributed by atoms with Crippen molar-refractivity contribution in [1.29, 1.82) is 0 Å². The molecule has 8 aromatic carbocycles. The zero-order chi connectivity index (χ0) is 41.3. The van der Waals surface area contributed by atoms with E-state index in [0.29, 0.717) is 0 Å². The molecule has 7 aliphatic carbocycles. The van der Waals surface area contributed by atoms with Gasteiger partial charge in [0.05, 0.1) is 0 Å². The van der Waals surface area contributed by atoms with Crippen LogP contribution in [0.4, 0.5) is 17.1 Å². The minimum absolute atomic E-state index is 0.111. The molecular weight excluding hydrogens is 759 g/mol. The van der Waals surface area contributed by atoms with Crippen LogP contribution in [0.1, 0.15) is 86.5 Å². The zero-order valence-corrected chi connectivity index (χ0v) is 36.1. The molecular formula is C62H53N. The Labute approximate surface area is 372 Å². The summed E-state index contributed by atoms with van der Waals surface area (Å²) in [5.74, 6) is 3.28. The van der Waals surface area contributed by atoms with E-state index in [2.05, 4.69) is 181 Å². The fraction of sp³-hybridized carbons (Fsp3) is 0.258. The van der Waals surface area contributed by atoms with Crippen LogP contribution in [0.2, 0.25) is 0 Å². The lowest BCUT2D eigenvalue weighted by atomic mass is 9.43. The predicted molar refractivity (Wildman–Crippen MR) is 262 cm³/mol. The number of fused-ring (bicyclic) bond motifs is 9. The van der Waals surface area contributed by atoms with Gasteiger partial charge in [-0.15, -0.1) is 0 Å². The monoisotopic (exact) mass is 811 g/mol. The SMILES string of the molecule is c1ccc(-c2cccc3cccc(-c4ccc(N(c5ccc6c(c5)-c5ccccc5C65CCCCC5)c5ccc6c(c5)C5(c7ccccc7-6)C6CC7CC(C6)CC5C7)cc4)c23)cc1. The van der Waals surface area contributed by atoms with Crippen molar-refractivity contribution in [2.24, 2.45) is 23.7 Å². The molecule has 0 N–H and O–H groups in total. The van der Waals surface area contributed by atoms with Crippen LogP contribution in [-0.2, 0) is 10.8 Å². The van der Waals surface area contributed by atoms with Gasteiger partial charge in [-0.2, -0.15) is 0 Å². The number of hydrogen-bond donors (Lipinski definition) is 0. The molecule has 1 heteroatoms. The van der Waals surface area contributed by atoms with Crippen molar-refractivity contribution in [3.63, 3.8) is 0 Å². The van der Waals surface area contributed by atoms with Gasteiger partial charge in [-0.05, 0) is 183 Å². The van der Waals surface area contributed by atoms with Gasteiger partial charge in [0.25, 0.3) is 0 Å². The highest BCUT2D eigenvalue weighted by Crippen LogP contribution is 2.70. The van der Waals surface area contributed by atoms with Crippen molar-refractivity contribution in [2.45, 2.75) is 75.0 Å². The minimum Gasteiger partial charge on any atom is -0.310 e.